The zero-order valence-electron chi connectivity index (χ0n) is 36.6. The third-order valence-electron chi connectivity index (χ3n) is 12.3. The molecule has 3 aliphatic heterocycles. The van der Waals surface area contributed by atoms with Gasteiger partial charge in [0.15, 0.2) is 0 Å². The van der Waals surface area contributed by atoms with Crippen LogP contribution in [0.2, 0.25) is 0 Å². The molecule has 4 aromatic heterocycles. The Morgan fingerprint density at radius 1 is 0.578 bits per heavy atom. The van der Waals surface area contributed by atoms with Crippen molar-refractivity contribution in [3.05, 3.63) is 85.0 Å². The highest BCUT2D eigenvalue weighted by Gasteiger charge is 2.28. The van der Waals surface area contributed by atoms with Gasteiger partial charge in [-0.2, -0.15) is 30.8 Å². The molecule has 0 bridgehead atoms. The number of hydrogen-bond donors (Lipinski definition) is 4. The summed E-state index contributed by atoms with van der Waals surface area (Å²) in [6.07, 6.45) is 25.8. The van der Waals surface area contributed by atoms with E-state index in [9.17, 15) is 14.4 Å². The fraction of sp³-hybridized carbons (Fsp3) is 0.533. The van der Waals surface area contributed by atoms with Crippen LogP contribution in [0.15, 0.2) is 73.8 Å². The summed E-state index contributed by atoms with van der Waals surface area (Å²) < 4.78 is 7.70. The van der Waals surface area contributed by atoms with Gasteiger partial charge < -0.3 is 20.1 Å². The molecule has 2 saturated carbocycles. The second-order valence-electron chi connectivity index (χ2n) is 16.6. The first-order valence-electron chi connectivity index (χ1n) is 22.8. The number of carbonyl (C=O) groups excluding carboxylic acids is 2. The summed E-state index contributed by atoms with van der Waals surface area (Å²) in [7, 11) is 0. The van der Waals surface area contributed by atoms with Crippen LogP contribution in [0.5, 0.6) is 0 Å². The molecule has 2 aliphatic carbocycles. The maximum absolute atomic E-state index is 12.7. The molecule has 3 saturated heterocycles. The van der Waals surface area contributed by atoms with Gasteiger partial charge in [0.05, 0.1) is 5.56 Å². The monoisotopic (exact) mass is 879 g/mol. The Hall–Kier alpha value is -5.89. The number of benzene rings is 2. The highest BCUT2D eigenvalue weighted by Crippen LogP contribution is 2.25. The van der Waals surface area contributed by atoms with E-state index in [4.69, 9.17) is 9.84 Å². The number of amides is 1. The van der Waals surface area contributed by atoms with Crippen LogP contribution >= 0.6 is 0 Å². The molecule has 2 aromatic carbocycles. The van der Waals surface area contributed by atoms with E-state index in [1.54, 1.807) is 30.9 Å². The van der Waals surface area contributed by atoms with Crippen LogP contribution in [-0.4, -0.2) is 165 Å². The van der Waals surface area contributed by atoms with Crippen molar-refractivity contribution < 1.29 is 24.2 Å². The Balaban J connectivity index is 0.000000129. The number of nitrogens with zero attached hydrogens (tertiary/aromatic N) is 11. The number of nitrogens with one attached hydrogen (secondary N) is 3. The van der Waals surface area contributed by atoms with Crippen molar-refractivity contribution in [3.8, 4) is 0 Å². The number of hydrogen-bond acceptors (Lipinski definition) is 13. The van der Waals surface area contributed by atoms with Gasteiger partial charge in [0, 0.05) is 108 Å². The minimum atomic E-state index is -0.958. The molecular formula is C45H62N14O5. The molecule has 0 atom stereocenters. The van der Waals surface area contributed by atoms with Gasteiger partial charge in [0.2, 0.25) is 0 Å². The number of fused-ring (bicyclic) bond motifs is 2. The lowest BCUT2D eigenvalue weighted by molar-refractivity contribution is 0.0523. The van der Waals surface area contributed by atoms with E-state index in [2.05, 4.69) is 55.9 Å². The minimum Gasteiger partial charge on any atom is -0.478 e. The van der Waals surface area contributed by atoms with E-state index in [0.29, 0.717) is 16.6 Å². The third kappa shape index (κ3) is 13.3. The van der Waals surface area contributed by atoms with E-state index < -0.39 is 5.97 Å². The molecule has 7 heterocycles. The molecule has 5 aliphatic rings. The number of carboxylic acid groups (broad SMARTS) is 1. The van der Waals surface area contributed by atoms with Crippen molar-refractivity contribution in [2.45, 2.75) is 89.1 Å². The van der Waals surface area contributed by atoms with Crippen molar-refractivity contribution in [2.75, 3.05) is 65.6 Å². The summed E-state index contributed by atoms with van der Waals surface area (Å²) in [5, 5.41) is 32.7. The molecule has 0 unspecified atom stereocenters. The zero-order valence-corrected chi connectivity index (χ0v) is 36.6. The quantitative estimate of drug-likeness (QED) is 0.176. The number of aromatic amines is 2. The largest absolute Gasteiger partial charge is 0.478 e. The number of ether oxygens (including phenoxy) is 1. The Bertz CT molecular complexity index is 2220. The first-order chi connectivity index (χ1) is 31.4. The number of rotatable bonds is 4. The van der Waals surface area contributed by atoms with Crippen LogP contribution < -0.4 is 5.32 Å². The smallest absolute Gasteiger partial charge is 0.338 e. The van der Waals surface area contributed by atoms with Crippen LogP contribution in [0.25, 0.3) is 22.1 Å². The Labute approximate surface area is 372 Å². The topological polar surface area (TPSA) is 221 Å². The number of imidazole rings is 2. The summed E-state index contributed by atoms with van der Waals surface area (Å²) in [4.78, 5) is 49.4. The normalized spacial score (nSPS) is 18.7. The van der Waals surface area contributed by atoms with E-state index in [1.807, 2.05) is 23.1 Å². The lowest BCUT2D eigenvalue weighted by atomic mass is 9.94. The highest BCUT2D eigenvalue weighted by atomic mass is 16.5. The lowest BCUT2D eigenvalue weighted by Crippen LogP contribution is -2.52. The molecule has 5 fully saturated rings. The molecular weight excluding hydrogens is 817 g/mol. The standard InChI is InChI=1S/C17H23N5O.C10H20N2.C7H6N4O.C7H5N3O2.C4H8O/c23-17(13-6-7-15-16(12-13)19-20-18-15)22-10-8-21(9-11-22)14-4-2-1-3-5-14;1-2-4-10(5-3-1)12-8-6-11-7-9-12;12-7(10-3-1-8-5-10)11-4-2-9-6-11;11-7(12)4-1-2-5-6(3-4)9-10-8-5;1-2-4-5-3-1/h6-7,12,14H,1-5,8-11H2,(H,18,19,20);10-11H,1-9H2;1-6H;1-3H,(H,11,12)(H,8,9,10);1-4H2. The number of carbonyl (C=O) groups is 3. The Kier molecular flexibility index (Phi) is 17.5. The Morgan fingerprint density at radius 2 is 1.06 bits per heavy atom. The molecule has 19 heteroatoms. The average molecular weight is 879 g/mol. The highest BCUT2D eigenvalue weighted by molar-refractivity contribution is 5.97. The molecule has 6 aromatic rings. The molecule has 0 spiro atoms. The number of piperazine rings is 2. The molecule has 1 amide bonds. The average Bonchev–Trinajstić information content (AvgIpc) is 4.23. The van der Waals surface area contributed by atoms with Gasteiger partial charge in [0.25, 0.3) is 5.91 Å². The van der Waals surface area contributed by atoms with Crippen molar-refractivity contribution in [1.82, 2.24) is 69.9 Å². The van der Waals surface area contributed by atoms with Crippen molar-refractivity contribution in [3.63, 3.8) is 0 Å². The van der Waals surface area contributed by atoms with Crippen LogP contribution in [0.4, 0.5) is 4.79 Å². The van der Waals surface area contributed by atoms with Gasteiger partial charge in [0.1, 0.15) is 34.7 Å². The first kappa shape index (κ1) is 46.1. The summed E-state index contributed by atoms with van der Waals surface area (Å²) in [6, 6.07) is 11.6. The fourth-order valence-corrected chi connectivity index (χ4v) is 8.75. The van der Waals surface area contributed by atoms with Gasteiger partial charge in [-0.05, 0) is 74.9 Å². The molecule has 342 valence electrons. The predicted molar refractivity (Wildman–Crippen MR) is 241 cm³/mol. The summed E-state index contributed by atoms with van der Waals surface area (Å²) in [5.74, 6) is -0.849. The van der Waals surface area contributed by atoms with Gasteiger partial charge >= 0.3 is 12.0 Å². The maximum atomic E-state index is 12.7. The number of aromatic carboxylic acids is 1. The van der Waals surface area contributed by atoms with Gasteiger partial charge in [-0.15, -0.1) is 0 Å². The molecule has 64 heavy (non-hydrogen) atoms. The van der Waals surface area contributed by atoms with Crippen LogP contribution in [0.1, 0.15) is 97.8 Å². The van der Waals surface area contributed by atoms with E-state index in [1.165, 1.54) is 137 Å². The van der Waals surface area contributed by atoms with Crippen LogP contribution in [0.3, 0.4) is 0 Å². The van der Waals surface area contributed by atoms with Gasteiger partial charge in [-0.3, -0.25) is 23.7 Å². The number of aromatic nitrogens is 10. The second-order valence-corrected chi connectivity index (χ2v) is 16.6. The first-order valence-corrected chi connectivity index (χ1v) is 22.8. The molecule has 4 N–H and O–H groups in total. The van der Waals surface area contributed by atoms with E-state index in [-0.39, 0.29) is 17.5 Å². The molecule has 19 nitrogen and oxygen atoms in total. The molecule has 11 rings (SSSR count). The summed E-state index contributed by atoms with van der Waals surface area (Å²) in [5.41, 5.74) is 3.70. The van der Waals surface area contributed by atoms with Crippen LogP contribution in [0, 0.1) is 0 Å². The SMILES string of the molecule is C1CCC(N2CCNCC2)CC1.C1CCOC1.O=C(O)c1ccc2n[nH]nc2c1.O=C(c1ccc2n[nH]nc2c1)N1CCN(C2CCCCC2)CC1.O=C(n1ccnc1)n1ccnc1. The maximum Gasteiger partial charge on any atom is 0.338 e. The number of carboxylic acids is 1. The fourth-order valence-electron chi connectivity index (χ4n) is 8.75. The number of H-pyrrole nitrogens is 2. The minimum absolute atomic E-state index is 0.109. The van der Waals surface area contributed by atoms with Crippen molar-refractivity contribution >= 4 is 40.0 Å². The van der Waals surface area contributed by atoms with Crippen molar-refractivity contribution in [1.29, 1.82) is 0 Å². The zero-order chi connectivity index (χ0) is 44.4. The third-order valence-corrected chi connectivity index (χ3v) is 12.3. The lowest BCUT2D eigenvalue weighted by Gasteiger charge is -2.40. The second kappa shape index (κ2) is 24.2. The van der Waals surface area contributed by atoms with Crippen molar-refractivity contribution in [2.24, 2.45) is 0 Å². The van der Waals surface area contributed by atoms with Gasteiger partial charge in [-0.1, -0.05) is 38.5 Å². The van der Waals surface area contributed by atoms with Crippen LogP contribution in [-0.2, 0) is 4.74 Å². The van der Waals surface area contributed by atoms with Gasteiger partial charge in [-0.25, -0.2) is 19.6 Å². The molecule has 0 radical (unpaired) electrons. The van der Waals surface area contributed by atoms with E-state index >= 15 is 0 Å². The summed E-state index contributed by atoms with van der Waals surface area (Å²) >= 11 is 0. The van der Waals surface area contributed by atoms with E-state index in [0.717, 1.165) is 62.5 Å². The summed E-state index contributed by atoms with van der Waals surface area (Å²) in [6.45, 7) is 10.6. The predicted octanol–water partition coefficient (Wildman–Crippen LogP) is 5.32. The Morgan fingerprint density at radius 3 is 1.53 bits per heavy atom.